The van der Waals surface area contributed by atoms with Gasteiger partial charge in [0, 0.05) is 12.1 Å². The molecule has 1 atom stereocenters. The summed E-state index contributed by atoms with van der Waals surface area (Å²) in [7, 11) is 0. The lowest BCUT2D eigenvalue weighted by atomic mass is 9.72. The Balaban J connectivity index is 3.40. The smallest absolute Gasteiger partial charge is 0.108 e. The first-order valence-electron chi connectivity index (χ1n) is 5.11. The van der Waals surface area contributed by atoms with Crippen molar-refractivity contribution in [1.82, 2.24) is 0 Å². The molecule has 1 aromatic rings. The van der Waals surface area contributed by atoms with Gasteiger partial charge < -0.3 is 10.8 Å². The fourth-order valence-corrected chi connectivity index (χ4v) is 2.10. The number of nitrogens with two attached hydrogens (primary N) is 1. The highest BCUT2D eigenvalue weighted by atomic mass is 35.5. The molecule has 1 aromatic carbocycles. The summed E-state index contributed by atoms with van der Waals surface area (Å²) < 4.78 is 0. The summed E-state index contributed by atoms with van der Waals surface area (Å²) in [5, 5.41) is 11.5. The molecule has 3 N–H and O–H groups in total. The fraction of sp³-hybridized carbons (Fsp3) is 0.500. The van der Waals surface area contributed by atoms with E-state index in [9.17, 15) is 5.11 Å². The van der Waals surface area contributed by atoms with Gasteiger partial charge >= 0.3 is 0 Å². The van der Waals surface area contributed by atoms with E-state index in [-0.39, 0.29) is 6.54 Å². The van der Waals surface area contributed by atoms with Gasteiger partial charge in [0.2, 0.25) is 0 Å². The lowest BCUT2D eigenvalue weighted by molar-refractivity contribution is -0.0556. The van der Waals surface area contributed by atoms with E-state index in [0.717, 1.165) is 0 Å². The highest BCUT2D eigenvalue weighted by molar-refractivity contribution is 6.42. The third-order valence-electron chi connectivity index (χ3n) is 2.93. The van der Waals surface area contributed by atoms with Gasteiger partial charge in [0.1, 0.15) is 5.60 Å². The summed E-state index contributed by atoms with van der Waals surface area (Å²) in [6, 6.07) is 5.20. The molecule has 16 heavy (non-hydrogen) atoms. The highest BCUT2D eigenvalue weighted by Crippen LogP contribution is 2.43. The standard InChI is InChI=1S/C12H17Cl2NO/c1-11(2,3)12(16,7-15)8-5-4-6-9(13)10(8)14/h4-6,16H,7,15H2,1-3H3. The molecule has 0 heterocycles. The average Bonchev–Trinajstić information content (AvgIpc) is 2.19. The van der Waals surface area contributed by atoms with Crippen LogP contribution in [0.1, 0.15) is 26.3 Å². The Morgan fingerprint density at radius 3 is 2.25 bits per heavy atom. The van der Waals surface area contributed by atoms with Crippen LogP contribution < -0.4 is 5.73 Å². The van der Waals surface area contributed by atoms with E-state index in [1.54, 1.807) is 18.2 Å². The van der Waals surface area contributed by atoms with Gasteiger partial charge in [0.05, 0.1) is 10.0 Å². The molecule has 1 unspecified atom stereocenters. The number of rotatable bonds is 2. The van der Waals surface area contributed by atoms with Crippen molar-refractivity contribution in [3.8, 4) is 0 Å². The van der Waals surface area contributed by atoms with Gasteiger partial charge in [-0.05, 0) is 11.5 Å². The van der Waals surface area contributed by atoms with Crippen molar-refractivity contribution in [3.05, 3.63) is 33.8 Å². The fourth-order valence-electron chi connectivity index (χ4n) is 1.64. The summed E-state index contributed by atoms with van der Waals surface area (Å²) in [5.74, 6) is 0. The van der Waals surface area contributed by atoms with Crippen molar-refractivity contribution in [2.24, 2.45) is 11.1 Å². The van der Waals surface area contributed by atoms with Gasteiger partial charge in [-0.2, -0.15) is 0 Å². The summed E-state index contributed by atoms with van der Waals surface area (Å²) in [5.41, 5.74) is 4.67. The number of aliphatic hydroxyl groups is 1. The molecule has 4 heteroatoms. The highest BCUT2D eigenvalue weighted by Gasteiger charge is 2.42. The quantitative estimate of drug-likeness (QED) is 0.859. The van der Waals surface area contributed by atoms with Crippen LogP contribution in [0.5, 0.6) is 0 Å². The summed E-state index contributed by atoms with van der Waals surface area (Å²) >= 11 is 12.1. The minimum Gasteiger partial charge on any atom is -0.383 e. The van der Waals surface area contributed by atoms with Crippen LogP contribution in [0, 0.1) is 5.41 Å². The van der Waals surface area contributed by atoms with Crippen molar-refractivity contribution in [1.29, 1.82) is 0 Å². The van der Waals surface area contributed by atoms with Crippen LogP contribution in [0.25, 0.3) is 0 Å². The molecule has 0 amide bonds. The van der Waals surface area contributed by atoms with Gasteiger partial charge in [-0.15, -0.1) is 0 Å². The molecule has 0 aliphatic heterocycles. The van der Waals surface area contributed by atoms with Crippen molar-refractivity contribution in [2.45, 2.75) is 26.4 Å². The second-order valence-electron chi connectivity index (χ2n) is 4.92. The first-order chi connectivity index (χ1) is 7.24. The molecule has 0 bridgehead atoms. The predicted octanol–water partition coefficient (Wildman–Crippen LogP) is 3.19. The Hall–Kier alpha value is -0.280. The zero-order valence-corrected chi connectivity index (χ0v) is 11.2. The minimum absolute atomic E-state index is 0.0938. The van der Waals surface area contributed by atoms with Crippen LogP contribution in [0.15, 0.2) is 18.2 Å². The van der Waals surface area contributed by atoms with Crippen molar-refractivity contribution >= 4 is 23.2 Å². The lowest BCUT2D eigenvalue weighted by Crippen LogP contribution is -2.46. The molecule has 0 saturated heterocycles. The number of hydrogen-bond donors (Lipinski definition) is 2. The minimum atomic E-state index is -1.19. The maximum atomic E-state index is 10.7. The van der Waals surface area contributed by atoms with E-state index in [1.165, 1.54) is 0 Å². The zero-order chi connectivity index (χ0) is 12.6. The van der Waals surface area contributed by atoms with E-state index < -0.39 is 11.0 Å². The van der Waals surface area contributed by atoms with Gasteiger partial charge in [0.15, 0.2) is 0 Å². The Bertz CT molecular complexity index is 387. The van der Waals surface area contributed by atoms with Gasteiger partial charge in [-0.3, -0.25) is 0 Å². The third kappa shape index (κ3) is 2.21. The monoisotopic (exact) mass is 261 g/mol. The number of hydrogen-bond acceptors (Lipinski definition) is 2. The SMILES string of the molecule is CC(C)(C)C(O)(CN)c1cccc(Cl)c1Cl. The molecule has 0 aliphatic carbocycles. The molecular weight excluding hydrogens is 245 g/mol. The van der Waals surface area contributed by atoms with Gasteiger partial charge in [0.25, 0.3) is 0 Å². The first kappa shape index (κ1) is 13.8. The average molecular weight is 262 g/mol. The number of halogens is 2. The Morgan fingerprint density at radius 1 is 1.25 bits per heavy atom. The summed E-state index contributed by atoms with van der Waals surface area (Å²) in [4.78, 5) is 0. The largest absolute Gasteiger partial charge is 0.383 e. The zero-order valence-electron chi connectivity index (χ0n) is 9.72. The molecule has 1 rings (SSSR count). The van der Waals surface area contributed by atoms with Crippen LogP contribution in [-0.4, -0.2) is 11.7 Å². The molecule has 0 radical (unpaired) electrons. The maximum absolute atomic E-state index is 10.7. The first-order valence-corrected chi connectivity index (χ1v) is 5.86. The van der Waals surface area contributed by atoms with E-state index in [4.69, 9.17) is 28.9 Å². The van der Waals surface area contributed by atoms with Crippen LogP contribution in [-0.2, 0) is 5.60 Å². The maximum Gasteiger partial charge on any atom is 0.108 e. The van der Waals surface area contributed by atoms with E-state index in [1.807, 2.05) is 20.8 Å². The van der Waals surface area contributed by atoms with Crippen LogP contribution >= 0.6 is 23.2 Å². The van der Waals surface area contributed by atoms with Gasteiger partial charge in [-0.1, -0.05) is 56.1 Å². The molecule has 0 spiro atoms. The molecular formula is C12H17Cl2NO. The molecule has 0 saturated carbocycles. The van der Waals surface area contributed by atoms with Crippen molar-refractivity contribution in [2.75, 3.05) is 6.54 Å². The van der Waals surface area contributed by atoms with E-state index in [2.05, 4.69) is 0 Å². The normalized spacial score (nSPS) is 15.9. The Morgan fingerprint density at radius 2 is 1.81 bits per heavy atom. The van der Waals surface area contributed by atoms with Crippen LogP contribution in [0.2, 0.25) is 10.0 Å². The molecule has 2 nitrogen and oxygen atoms in total. The van der Waals surface area contributed by atoms with Crippen LogP contribution in [0.3, 0.4) is 0 Å². The summed E-state index contributed by atoms with van der Waals surface area (Å²) in [6.07, 6.45) is 0. The van der Waals surface area contributed by atoms with E-state index in [0.29, 0.717) is 15.6 Å². The van der Waals surface area contributed by atoms with Crippen molar-refractivity contribution in [3.63, 3.8) is 0 Å². The molecule has 0 aromatic heterocycles. The van der Waals surface area contributed by atoms with Gasteiger partial charge in [-0.25, -0.2) is 0 Å². The second kappa shape index (κ2) is 4.53. The summed E-state index contributed by atoms with van der Waals surface area (Å²) in [6.45, 7) is 5.84. The predicted molar refractivity (Wildman–Crippen MR) is 68.9 cm³/mol. The molecule has 0 aliphatic rings. The Kier molecular flexibility index (Phi) is 3.91. The molecule has 0 fully saturated rings. The lowest BCUT2D eigenvalue weighted by Gasteiger charge is -2.40. The Labute approximate surface area is 106 Å². The van der Waals surface area contributed by atoms with Crippen LogP contribution in [0.4, 0.5) is 0 Å². The molecule has 90 valence electrons. The topological polar surface area (TPSA) is 46.2 Å². The second-order valence-corrected chi connectivity index (χ2v) is 5.70. The third-order valence-corrected chi connectivity index (χ3v) is 3.75. The van der Waals surface area contributed by atoms with Crippen molar-refractivity contribution < 1.29 is 5.11 Å². The van der Waals surface area contributed by atoms with E-state index >= 15 is 0 Å². The number of benzene rings is 1.